The Morgan fingerprint density at radius 1 is 1.28 bits per heavy atom. The van der Waals surface area contributed by atoms with E-state index >= 15 is 0 Å². The number of unbranched alkanes of at least 4 members (excludes halogenated alkanes) is 1. The van der Waals surface area contributed by atoms with Crippen LogP contribution in [0.3, 0.4) is 0 Å². The SMILES string of the molecule is CCCCN(C)CCNC(=O)CN1NC(c2ccccc2)=CCC1=O. The van der Waals surface area contributed by atoms with Crippen molar-refractivity contribution >= 4 is 17.5 Å². The van der Waals surface area contributed by atoms with Gasteiger partial charge in [-0.05, 0) is 31.7 Å². The molecule has 1 aromatic carbocycles. The van der Waals surface area contributed by atoms with Gasteiger partial charge in [-0.2, -0.15) is 0 Å². The van der Waals surface area contributed by atoms with Crippen molar-refractivity contribution in [3.63, 3.8) is 0 Å². The van der Waals surface area contributed by atoms with Crippen LogP contribution in [-0.4, -0.2) is 54.9 Å². The maximum absolute atomic E-state index is 12.1. The Morgan fingerprint density at radius 2 is 2.04 bits per heavy atom. The summed E-state index contributed by atoms with van der Waals surface area (Å²) < 4.78 is 0. The predicted octanol–water partition coefficient (Wildman–Crippen LogP) is 1.61. The number of carbonyl (C=O) groups excluding carboxylic acids is 2. The Bertz CT molecular complexity index is 601. The lowest BCUT2D eigenvalue weighted by Crippen LogP contribution is -2.49. The molecule has 1 aliphatic heterocycles. The van der Waals surface area contributed by atoms with E-state index < -0.39 is 0 Å². The molecule has 1 heterocycles. The van der Waals surface area contributed by atoms with Crippen LogP contribution in [0.1, 0.15) is 31.7 Å². The number of likely N-dealkylation sites (N-methyl/N-ethyl adjacent to an activating group) is 1. The number of rotatable bonds is 9. The third kappa shape index (κ3) is 6.23. The molecule has 0 radical (unpaired) electrons. The zero-order chi connectivity index (χ0) is 18.1. The molecule has 0 bridgehead atoms. The van der Waals surface area contributed by atoms with Gasteiger partial charge in [-0.3, -0.25) is 15.0 Å². The highest BCUT2D eigenvalue weighted by Gasteiger charge is 2.21. The van der Waals surface area contributed by atoms with E-state index in [0.717, 1.165) is 37.2 Å². The van der Waals surface area contributed by atoms with Crippen LogP contribution in [-0.2, 0) is 9.59 Å². The average Bonchev–Trinajstić information content (AvgIpc) is 2.62. The van der Waals surface area contributed by atoms with Gasteiger partial charge >= 0.3 is 0 Å². The van der Waals surface area contributed by atoms with Crippen molar-refractivity contribution in [2.24, 2.45) is 0 Å². The van der Waals surface area contributed by atoms with Crippen molar-refractivity contribution in [2.75, 3.05) is 33.2 Å². The first-order chi connectivity index (χ1) is 12.1. The Labute approximate surface area is 149 Å². The molecule has 2 rings (SSSR count). The van der Waals surface area contributed by atoms with Crippen LogP contribution in [0.5, 0.6) is 0 Å². The fourth-order valence-corrected chi connectivity index (χ4v) is 2.61. The minimum Gasteiger partial charge on any atom is -0.353 e. The topological polar surface area (TPSA) is 64.7 Å². The normalized spacial score (nSPS) is 14.3. The highest BCUT2D eigenvalue weighted by atomic mass is 16.2. The first-order valence-electron chi connectivity index (χ1n) is 8.88. The molecule has 0 unspecified atom stereocenters. The van der Waals surface area contributed by atoms with Crippen LogP contribution in [0.25, 0.3) is 5.70 Å². The predicted molar refractivity (Wildman–Crippen MR) is 99.3 cm³/mol. The Morgan fingerprint density at radius 3 is 2.76 bits per heavy atom. The molecular formula is C19H28N4O2. The van der Waals surface area contributed by atoms with Gasteiger partial charge in [0.05, 0.1) is 5.70 Å². The summed E-state index contributed by atoms with van der Waals surface area (Å²) in [6.45, 7) is 4.60. The van der Waals surface area contributed by atoms with Crippen LogP contribution in [0.15, 0.2) is 36.4 Å². The molecule has 1 aliphatic rings. The van der Waals surface area contributed by atoms with Crippen molar-refractivity contribution in [3.05, 3.63) is 42.0 Å². The van der Waals surface area contributed by atoms with E-state index in [9.17, 15) is 9.59 Å². The molecule has 6 heteroatoms. The van der Waals surface area contributed by atoms with Gasteiger partial charge in [-0.25, -0.2) is 5.01 Å². The van der Waals surface area contributed by atoms with Crippen molar-refractivity contribution in [3.8, 4) is 0 Å². The first-order valence-corrected chi connectivity index (χ1v) is 8.88. The van der Waals surface area contributed by atoms with Gasteiger partial charge in [-0.15, -0.1) is 0 Å². The fraction of sp³-hybridized carbons (Fsp3) is 0.474. The van der Waals surface area contributed by atoms with Crippen LogP contribution < -0.4 is 10.7 Å². The van der Waals surface area contributed by atoms with Gasteiger partial charge in [-0.1, -0.05) is 43.7 Å². The molecule has 6 nitrogen and oxygen atoms in total. The van der Waals surface area contributed by atoms with Crippen LogP contribution in [0.4, 0.5) is 0 Å². The second-order valence-corrected chi connectivity index (χ2v) is 6.29. The number of nitrogens with one attached hydrogen (secondary N) is 2. The second-order valence-electron chi connectivity index (χ2n) is 6.29. The lowest BCUT2D eigenvalue weighted by Gasteiger charge is -2.29. The molecule has 2 N–H and O–H groups in total. The van der Waals surface area contributed by atoms with E-state index in [1.54, 1.807) is 0 Å². The van der Waals surface area contributed by atoms with Crippen LogP contribution in [0, 0.1) is 0 Å². The third-order valence-corrected chi connectivity index (χ3v) is 4.13. The standard InChI is InChI=1S/C19H28N4O2/c1-3-4-13-22(2)14-12-20-18(24)15-23-19(25)11-10-17(21-23)16-8-6-5-7-9-16/h5-10,21H,3-4,11-15H2,1-2H3,(H,20,24). The Balaban J connectivity index is 1.78. The third-order valence-electron chi connectivity index (χ3n) is 4.13. The molecule has 136 valence electrons. The summed E-state index contributed by atoms with van der Waals surface area (Å²) in [4.78, 5) is 26.3. The Kier molecular flexibility index (Phi) is 7.47. The molecule has 0 aliphatic carbocycles. The van der Waals surface area contributed by atoms with Gasteiger partial charge in [0, 0.05) is 19.5 Å². The van der Waals surface area contributed by atoms with Gasteiger partial charge in [0.25, 0.3) is 0 Å². The first kappa shape index (κ1) is 19.0. The zero-order valence-electron chi connectivity index (χ0n) is 15.1. The molecule has 25 heavy (non-hydrogen) atoms. The van der Waals surface area contributed by atoms with E-state index in [-0.39, 0.29) is 18.4 Å². The summed E-state index contributed by atoms with van der Waals surface area (Å²) in [5.41, 5.74) is 4.90. The number of amides is 2. The molecule has 0 spiro atoms. The smallest absolute Gasteiger partial charge is 0.245 e. The molecule has 0 atom stereocenters. The molecule has 0 saturated carbocycles. The number of carbonyl (C=O) groups is 2. The van der Waals surface area contributed by atoms with Crippen LogP contribution in [0.2, 0.25) is 0 Å². The van der Waals surface area contributed by atoms with E-state index in [2.05, 4.69) is 29.6 Å². The number of benzene rings is 1. The summed E-state index contributed by atoms with van der Waals surface area (Å²) in [5, 5.41) is 4.27. The van der Waals surface area contributed by atoms with E-state index in [1.165, 1.54) is 5.01 Å². The highest BCUT2D eigenvalue weighted by molar-refractivity contribution is 5.88. The van der Waals surface area contributed by atoms with Gasteiger partial charge in [0.1, 0.15) is 6.54 Å². The molecule has 0 saturated heterocycles. The molecule has 0 aromatic heterocycles. The largest absolute Gasteiger partial charge is 0.353 e. The lowest BCUT2D eigenvalue weighted by atomic mass is 10.1. The number of hydrogen-bond acceptors (Lipinski definition) is 4. The maximum atomic E-state index is 12.1. The molecular weight excluding hydrogens is 316 g/mol. The molecule has 1 aromatic rings. The summed E-state index contributed by atoms with van der Waals surface area (Å²) in [5.74, 6) is -0.256. The second kappa shape index (κ2) is 9.84. The van der Waals surface area contributed by atoms with Crippen molar-refractivity contribution < 1.29 is 9.59 Å². The van der Waals surface area contributed by atoms with Crippen molar-refractivity contribution in [2.45, 2.75) is 26.2 Å². The Hall–Kier alpha value is -2.34. The van der Waals surface area contributed by atoms with Crippen molar-refractivity contribution in [1.29, 1.82) is 0 Å². The summed E-state index contributed by atoms with van der Waals surface area (Å²) >= 11 is 0. The molecule has 0 fully saturated rings. The van der Waals surface area contributed by atoms with Gasteiger partial charge < -0.3 is 10.2 Å². The monoisotopic (exact) mass is 344 g/mol. The highest BCUT2D eigenvalue weighted by Crippen LogP contribution is 2.16. The summed E-state index contributed by atoms with van der Waals surface area (Å²) in [6, 6.07) is 9.78. The zero-order valence-corrected chi connectivity index (χ0v) is 15.1. The van der Waals surface area contributed by atoms with Crippen LogP contribution >= 0.6 is 0 Å². The van der Waals surface area contributed by atoms with E-state index in [1.807, 2.05) is 36.4 Å². The lowest BCUT2D eigenvalue weighted by molar-refractivity contribution is -0.137. The maximum Gasteiger partial charge on any atom is 0.245 e. The number of nitrogens with zero attached hydrogens (tertiary/aromatic N) is 2. The summed E-state index contributed by atoms with van der Waals surface area (Å²) in [7, 11) is 2.05. The quantitative estimate of drug-likeness (QED) is 0.714. The van der Waals surface area contributed by atoms with E-state index in [4.69, 9.17) is 0 Å². The summed E-state index contributed by atoms with van der Waals surface area (Å²) in [6.07, 6.45) is 4.47. The average molecular weight is 344 g/mol. The minimum atomic E-state index is -0.154. The van der Waals surface area contributed by atoms with E-state index in [0.29, 0.717) is 13.0 Å². The number of hydrazine groups is 1. The van der Waals surface area contributed by atoms with Gasteiger partial charge in [0.2, 0.25) is 11.8 Å². The molecule has 2 amide bonds. The number of hydrogen-bond donors (Lipinski definition) is 2. The minimum absolute atomic E-state index is 0.0156. The van der Waals surface area contributed by atoms with Gasteiger partial charge in [0.15, 0.2) is 0 Å². The fourth-order valence-electron chi connectivity index (χ4n) is 2.61. The van der Waals surface area contributed by atoms with Crippen molar-refractivity contribution in [1.82, 2.24) is 20.7 Å².